The Labute approximate surface area is 111 Å². The number of rotatable bonds is 3. The lowest BCUT2D eigenvalue weighted by molar-refractivity contribution is 0.0986. The minimum atomic E-state index is 0.0868. The Morgan fingerprint density at radius 2 is 2.00 bits per heavy atom. The summed E-state index contributed by atoms with van der Waals surface area (Å²) in [6, 6.07) is 11.5. The van der Waals surface area contributed by atoms with Gasteiger partial charge in [-0.15, -0.1) is 0 Å². The lowest BCUT2D eigenvalue weighted by atomic mass is 9.87. The van der Waals surface area contributed by atoms with Crippen LogP contribution in [0.25, 0.3) is 0 Å². The molecule has 1 N–H and O–H groups in total. The van der Waals surface area contributed by atoms with Crippen LogP contribution in [0.1, 0.15) is 32.8 Å². The first-order valence-electron chi connectivity index (χ1n) is 7.02. The van der Waals surface area contributed by atoms with Gasteiger partial charge in [0.25, 0.3) is 0 Å². The molecular formula is C16H26N2. The molecule has 1 aromatic rings. The third-order valence-electron chi connectivity index (χ3n) is 4.07. The van der Waals surface area contributed by atoms with Crippen molar-refractivity contribution in [3.8, 4) is 0 Å². The maximum atomic E-state index is 3.76. The Balaban J connectivity index is 2.07. The van der Waals surface area contributed by atoms with Crippen LogP contribution in [-0.4, -0.2) is 31.1 Å². The summed E-state index contributed by atoms with van der Waals surface area (Å²) in [5.41, 5.74) is 1.48. The number of benzene rings is 1. The van der Waals surface area contributed by atoms with Crippen LogP contribution in [-0.2, 0) is 5.54 Å². The van der Waals surface area contributed by atoms with Crippen molar-refractivity contribution in [3.05, 3.63) is 35.9 Å². The molecule has 100 valence electrons. The van der Waals surface area contributed by atoms with E-state index in [9.17, 15) is 0 Å². The van der Waals surface area contributed by atoms with Crippen molar-refractivity contribution >= 4 is 0 Å². The van der Waals surface area contributed by atoms with Gasteiger partial charge in [-0.2, -0.15) is 0 Å². The maximum absolute atomic E-state index is 3.76. The topological polar surface area (TPSA) is 15.3 Å². The van der Waals surface area contributed by atoms with Gasteiger partial charge < -0.3 is 5.32 Å². The molecule has 1 aliphatic heterocycles. The summed E-state index contributed by atoms with van der Waals surface area (Å²) in [5, 5.41) is 3.76. The van der Waals surface area contributed by atoms with E-state index in [-0.39, 0.29) is 5.54 Å². The Morgan fingerprint density at radius 3 is 2.56 bits per heavy atom. The molecule has 2 atom stereocenters. The SMILES string of the molecule is CC(C)CC1CNC(C)(c2ccccc2)CN1C. The fourth-order valence-electron chi connectivity index (χ4n) is 2.99. The third-order valence-corrected chi connectivity index (χ3v) is 4.07. The van der Waals surface area contributed by atoms with E-state index >= 15 is 0 Å². The summed E-state index contributed by atoms with van der Waals surface area (Å²) in [7, 11) is 2.26. The molecule has 0 aromatic heterocycles. The van der Waals surface area contributed by atoms with E-state index < -0.39 is 0 Å². The predicted molar refractivity (Wildman–Crippen MR) is 77.7 cm³/mol. The molecule has 2 nitrogen and oxygen atoms in total. The minimum Gasteiger partial charge on any atom is -0.305 e. The maximum Gasteiger partial charge on any atom is 0.0535 e. The van der Waals surface area contributed by atoms with Crippen molar-refractivity contribution in [1.82, 2.24) is 10.2 Å². The molecule has 2 unspecified atom stereocenters. The largest absolute Gasteiger partial charge is 0.305 e. The fraction of sp³-hybridized carbons (Fsp3) is 0.625. The van der Waals surface area contributed by atoms with Gasteiger partial charge in [-0.3, -0.25) is 4.90 Å². The zero-order chi connectivity index (χ0) is 13.2. The first-order chi connectivity index (χ1) is 8.51. The smallest absolute Gasteiger partial charge is 0.0535 e. The summed E-state index contributed by atoms with van der Waals surface area (Å²) in [6.07, 6.45) is 1.27. The molecule has 0 amide bonds. The Bertz CT molecular complexity index is 374. The van der Waals surface area contributed by atoms with Gasteiger partial charge in [-0.25, -0.2) is 0 Å². The van der Waals surface area contributed by atoms with Crippen molar-refractivity contribution < 1.29 is 0 Å². The van der Waals surface area contributed by atoms with Gasteiger partial charge in [-0.05, 0) is 31.9 Å². The standard InChI is InChI=1S/C16H26N2/c1-13(2)10-15-11-17-16(3,12-18(15)4)14-8-6-5-7-9-14/h5-9,13,15,17H,10-12H2,1-4H3. The third kappa shape index (κ3) is 2.93. The molecule has 0 spiro atoms. The molecule has 1 fully saturated rings. The Kier molecular flexibility index (Phi) is 4.08. The molecule has 0 saturated carbocycles. The highest BCUT2D eigenvalue weighted by Crippen LogP contribution is 2.27. The van der Waals surface area contributed by atoms with Crippen LogP contribution in [0.15, 0.2) is 30.3 Å². The number of nitrogens with one attached hydrogen (secondary N) is 1. The Hall–Kier alpha value is -0.860. The monoisotopic (exact) mass is 246 g/mol. The van der Waals surface area contributed by atoms with E-state index in [0.29, 0.717) is 6.04 Å². The molecule has 1 heterocycles. The fourth-order valence-corrected chi connectivity index (χ4v) is 2.99. The zero-order valence-corrected chi connectivity index (χ0v) is 12.1. The highest BCUT2D eigenvalue weighted by Gasteiger charge is 2.35. The summed E-state index contributed by atoms with van der Waals surface area (Å²) < 4.78 is 0. The summed E-state index contributed by atoms with van der Waals surface area (Å²) >= 11 is 0. The van der Waals surface area contributed by atoms with Crippen LogP contribution in [0.2, 0.25) is 0 Å². The zero-order valence-electron chi connectivity index (χ0n) is 12.1. The van der Waals surface area contributed by atoms with E-state index in [1.165, 1.54) is 12.0 Å². The van der Waals surface area contributed by atoms with Crippen LogP contribution < -0.4 is 5.32 Å². The first-order valence-corrected chi connectivity index (χ1v) is 7.02. The number of piperazine rings is 1. The van der Waals surface area contributed by atoms with Crippen molar-refractivity contribution in [2.24, 2.45) is 5.92 Å². The average molecular weight is 246 g/mol. The highest BCUT2D eigenvalue weighted by atomic mass is 15.2. The molecule has 2 heteroatoms. The molecule has 1 aliphatic rings. The molecule has 1 aromatic carbocycles. The second-order valence-corrected chi connectivity index (χ2v) is 6.28. The molecular weight excluding hydrogens is 220 g/mol. The van der Waals surface area contributed by atoms with E-state index in [0.717, 1.165) is 19.0 Å². The lowest BCUT2D eigenvalue weighted by Gasteiger charge is -2.45. The van der Waals surface area contributed by atoms with Crippen molar-refractivity contribution in [3.63, 3.8) is 0 Å². The molecule has 0 radical (unpaired) electrons. The molecule has 18 heavy (non-hydrogen) atoms. The molecule has 2 rings (SSSR count). The molecule has 1 saturated heterocycles. The molecule has 0 aliphatic carbocycles. The van der Waals surface area contributed by atoms with E-state index in [4.69, 9.17) is 0 Å². The molecule has 0 bridgehead atoms. The van der Waals surface area contributed by atoms with Gasteiger partial charge in [0.1, 0.15) is 0 Å². The summed E-state index contributed by atoms with van der Waals surface area (Å²) in [6.45, 7) is 9.08. The normalized spacial score (nSPS) is 29.7. The van der Waals surface area contributed by atoms with Gasteiger partial charge in [0, 0.05) is 19.1 Å². The summed E-state index contributed by atoms with van der Waals surface area (Å²) in [4.78, 5) is 2.52. The Morgan fingerprint density at radius 1 is 1.33 bits per heavy atom. The first kappa shape index (κ1) is 13.6. The quantitative estimate of drug-likeness (QED) is 0.882. The van der Waals surface area contributed by atoms with Crippen LogP contribution in [0.3, 0.4) is 0 Å². The average Bonchev–Trinajstić information content (AvgIpc) is 2.34. The van der Waals surface area contributed by atoms with E-state index in [1.807, 2.05) is 0 Å². The second-order valence-electron chi connectivity index (χ2n) is 6.28. The van der Waals surface area contributed by atoms with Gasteiger partial charge >= 0.3 is 0 Å². The van der Waals surface area contributed by atoms with Crippen LogP contribution in [0, 0.1) is 5.92 Å². The number of nitrogens with zero attached hydrogens (tertiary/aromatic N) is 1. The van der Waals surface area contributed by atoms with E-state index in [1.54, 1.807) is 0 Å². The van der Waals surface area contributed by atoms with Crippen molar-refractivity contribution in [1.29, 1.82) is 0 Å². The predicted octanol–water partition coefficient (Wildman–Crippen LogP) is 2.85. The van der Waals surface area contributed by atoms with Crippen LogP contribution >= 0.6 is 0 Å². The van der Waals surface area contributed by atoms with Crippen LogP contribution in [0.5, 0.6) is 0 Å². The van der Waals surface area contributed by atoms with E-state index in [2.05, 4.69) is 68.4 Å². The minimum absolute atomic E-state index is 0.0868. The van der Waals surface area contributed by atoms with Gasteiger partial charge in [0.05, 0.1) is 5.54 Å². The van der Waals surface area contributed by atoms with Gasteiger partial charge in [0.2, 0.25) is 0 Å². The number of hydrogen-bond donors (Lipinski definition) is 1. The number of hydrogen-bond acceptors (Lipinski definition) is 2. The van der Waals surface area contributed by atoms with Crippen molar-refractivity contribution in [2.75, 3.05) is 20.1 Å². The van der Waals surface area contributed by atoms with Gasteiger partial charge in [-0.1, -0.05) is 44.2 Å². The summed E-state index contributed by atoms with van der Waals surface area (Å²) in [5.74, 6) is 0.764. The lowest BCUT2D eigenvalue weighted by Crippen LogP contribution is -2.60. The van der Waals surface area contributed by atoms with Crippen molar-refractivity contribution in [2.45, 2.75) is 38.8 Å². The number of likely N-dealkylation sites (N-methyl/N-ethyl adjacent to an activating group) is 1. The highest BCUT2D eigenvalue weighted by molar-refractivity contribution is 5.25. The second kappa shape index (κ2) is 5.41. The van der Waals surface area contributed by atoms with Gasteiger partial charge in [0.15, 0.2) is 0 Å². The van der Waals surface area contributed by atoms with Crippen LogP contribution in [0.4, 0.5) is 0 Å².